The molecule has 3 rings (SSSR count). The number of aromatic nitrogens is 1. The van der Waals surface area contributed by atoms with E-state index >= 15 is 0 Å². The Labute approximate surface area is 142 Å². The standard InChI is InChI=1S/C16H19BrN2S2/c1-2-13-15(9-18-11-7-8-11)21-16(19-13)10-20-14-6-4-3-5-12(14)17/h3-6,11,18H,2,7-10H2,1H3. The first kappa shape index (κ1) is 15.5. The Hall–Kier alpha value is -0.360. The molecule has 112 valence electrons. The third kappa shape index (κ3) is 4.31. The van der Waals surface area contributed by atoms with Gasteiger partial charge in [-0.3, -0.25) is 0 Å². The van der Waals surface area contributed by atoms with Gasteiger partial charge in [-0.25, -0.2) is 4.98 Å². The lowest BCUT2D eigenvalue weighted by Crippen LogP contribution is -2.15. The molecule has 1 N–H and O–H groups in total. The number of rotatable bonds is 7. The molecule has 2 nitrogen and oxygen atoms in total. The summed E-state index contributed by atoms with van der Waals surface area (Å²) in [5, 5.41) is 4.84. The largest absolute Gasteiger partial charge is 0.309 e. The van der Waals surface area contributed by atoms with E-state index in [1.54, 1.807) is 0 Å². The summed E-state index contributed by atoms with van der Waals surface area (Å²) in [4.78, 5) is 7.52. The molecule has 0 amide bonds. The van der Waals surface area contributed by atoms with Crippen LogP contribution in [0.3, 0.4) is 0 Å². The summed E-state index contributed by atoms with van der Waals surface area (Å²) in [6, 6.07) is 9.13. The van der Waals surface area contributed by atoms with Crippen molar-refractivity contribution in [1.82, 2.24) is 10.3 Å². The van der Waals surface area contributed by atoms with E-state index in [4.69, 9.17) is 4.98 Å². The number of nitrogens with zero attached hydrogens (tertiary/aromatic N) is 1. The highest BCUT2D eigenvalue weighted by Crippen LogP contribution is 2.32. The predicted octanol–water partition coefficient (Wildman–Crippen LogP) is 5.01. The van der Waals surface area contributed by atoms with Gasteiger partial charge in [0, 0.05) is 26.8 Å². The molecule has 1 aliphatic rings. The monoisotopic (exact) mass is 382 g/mol. The van der Waals surface area contributed by atoms with Crippen molar-refractivity contribution < 1.29 is 0 Å². The van der Waals surface area contributed by atoms with Crippen molar-refractivity contribution in [3.05, 3.63) is 44.3 Å². The van der Waals surface area contributed by atoms with E-state index in [2.05, 4.69) is 46.4 Å². The highest BCUT2D eigenvalue weighted by Gasteiger charge is 2.21. The Morgan fingerprint density at radius 1 is 1.38 bits per heavy atom. The first-order valence-electron chi connectivity index (χ1n) is 7.34. The molecule has 1 saturated carbocycles. The van der Waals surface area contributed by atoms with Crippen molar-refractivity contribution in [3.63, 3.8) is 0 Å². The fourth-order valence-corrected chi connectivity index (χ4v) is 4.81. The van der Waals surface area contributed by atoms with Gasteiger partial charge in [-0.2, -0.15) is 0 Å². The normalized spacial score (nSPS) is 14.6. The van der Waals surface area contributed by atoms with Gasteiger partial charge in [0.2, 0.25) is 0 Å². The van der Waals surface area contributed by atoms with Crippen molar-refractivity contribution in [1.29, 1.82) is 0 Å². The number of hydrogen-bond donors (Lipinski definition) is 1. The number of aryl methyl sites for hydroxylation is 1. The Morgan fingerprint density at radius 2 is 2.19 bits per heavy atom. The summed E-state index contributed by atoms with van der Waals surface area (Å²) < 4.78 is 1.16. The number of thiazole rings is 1. The second kappa shape index (κ2) is 7.27. The molecule has 1 aromatic carbocycles. The van der Waals surface area contributed by atoms with Gasteiger partial charge in [0.15, 0.2) is 0 Å². The van der Waals surface area contributed by atoms with Gasteiger partial charge in [-0.1, -0.05) is 19.1 Å². The highest BCUT2D eigenvalue weighted by molar-refractivity contribution is 9.10. The summed E-state index contributed by atoms with van der Waals surface area (Å²) in [7, 11) is 0. The Kier molecular flexibility index (Phi) is 5.38. The van der Waals surface area contributed by atoms with Crippen LogP contribution in [0.4, 0.5) is 0 Å². The van der Waals surface area contributed by atoms with Crippen molar-refractivity contribution >= 4 is 39.0 Å². The number of halogens is 1. The van der Waals surface area contributed by atoms with Crippen LogP contribution in [0.25, 0.3) is 0 Å². The van der Waals surface area contributed by atoms with E-state index in [9.17, 15) is 0 Å². The lowest BCUT2D eigenvalue weighted by atomic mass is 10.3. The van der Waals surface area contributed by atoms with Crippen molar-refractivity contribution in [3.8, 4) is 0 Å². The van der Waals surface area contributed by atoms with Gasteiger partial charge in [-0.05, 0) is 47.3 Å². The SMILES string of the molecule is CCc1nc(CSc2ccccc2Br)sc1CNC1CC1. The van der Waals surface area contributed by atoms with E-state index < -0.39 is 0 Å². The van der Waals surface area contributed by atoms with E-state index in [1.807, 2.05) is 29.2 Å². The molecule has 0 spiro atoms. The van der Waals surface area contributed by atoms with Crippen LogP contribution in [-0.2, 0) is 18.7 Å². The van der Waals surface area contributed by atoms with Crippen LogP contribution in [0.5, 0.6) is 0 Å². The van der Waals surface area contributed by atoms with Gasteiger partial charge in [-0.15, -0.1) is 23.1 Å². The number of thioether (sulfide) groups is 1. The molecule has 0 aliphatic heterocycles. The average molecular weight is 383 g/mol. The fraction of sp³-hybridized carbons (Fsp3) is 0.438. The van der Waals surface area contributed by atoms with Crippen LogP contribution < -0.4 is 5.32 Å². The molecule has 21 heavy (non-hydrogen) atoms. The van der Waals surface area contributed by atoms with Crippen LogP contribution in [0.15, 0.2) is 33.6 Å². The maximum atomic E-state index is 4.81. The van der Waals surface area contributed by atoms with Gasteiger partial charge >= 0.3 is 0 Å². The molecule has 0 saturated heterocycles. The Balaban J connectivity index is 1.63. The second-order valence-corrected chi connectivity index (χ2v) is 8.24. The zero-order valence-corrected chi connectivity index (χ0v) is 15.3. The molecule has 1 heterocycles. The summed E-state index contributed by atoms with van der Waals surface area (Å²) in [5.74, 6) is 0.948. The molecule has 0 radical (unpaired) electrons. The Bertz CT molecular complexity index is 608. The fourth-order valence-electron chi connectivity index (χ4n) is 2.14. The van der Waals surface area contributed by atoms with Gasteiger partial charge < -0.3 is 5.32 Å². The minimum absolute atomic E-state index is 0.759. The zero-order chi connectivity index (χ0) is 14.7. The third-order valence-electron chi connectivity index (χ3n) is 3.47. The van der Waals surface area contributed by atoms with Gasteiger partial charge in [0.1, 0.15) is 5.01 Å². The molecular formula is C16H19BrN2S2. The quantitative estimate of drug-likeness (QED) is 0.680. The predicted molar refractivity (Wildman–Crippen MR) is 95.1 cm³/mol. The maximum absolute atomic E-state index is 4.81. The van der Waals surface area contributed by atoms with Crippen LogP contribution in [0.1, 0.15) is 35.3 Å². The maximum Gasteiger partial charge on any atom is 0.103 e. The van der Waals surface area contributed by atoms with Crippen LogP contribution in [0.2, 0.25) is 0 Å². The molecule has 0 bridgehead atoms. The average Bonchev–Trinajstić information content (AvgIpc) is 3.24. The summed E-state index contributed by atoms with van der Waals surface area (Å²) in [6.45, 7) is 3.19. The lowest BCUT2D eigenvalue weighted by Gasteiger charge is -2.01. The van der Waals surface area contributed by atoms with E-state index in [0.717, 1.165) is 29.2 Å². The first-order valence-corrected chi connectivity index (χ1v) is 9.94. The highest BCUT2D eigenvalue weighted by atomic mass is 79.9. The van der Waals surface area contributed by atoms with E-state index in [0.29, 0.717) is 0 Å². The minimum Gasteiger partial charge on any atom is -0.309 e. The van der Waals surface area contributed by atoms with Crippen LogP contribution in [0, 0.1) is 0 Å². The zero-order valence-electron chi connectivity index (χ0n) is 12.1. The first-order chi connectivity index (χ1) is 10.3. The van der Waals surface area contributed by atoms with E-state index in [1.165, 1.54) is 33.3 Å². The Morgan fingerprint density at radius 3 is 2.90 bits per heavy atom. The number of hydrogen-bond acceptors (Lipinski definition) is 4. The van der Waals surface area contributed by atoms with E-state index in [-0.39, 0.29) is 0 Å². The summed E-state index contributed by atoms with van der Waals surface area (Å²) in [5.41, 5.74) is 1.27. The second-order valence-electron chi connectivity index (χ2n) is 5.21. The molecular weight excluding hydrogens is 364 g/mol. The minimum atomic E-state index is 0.759. The van der Waals surface area contributed by atoms with Crippen molar-refractivity contribution in [2.45, 2.75) is 49.4 Å². The van der Waals surface area contributed by atoms with Gasteiger partial charge in [0.25, 0.3) is 0 Å². The van der Waals surface area contributed by atoms with Crippen molar-refractivity contribution in [2.24, 2.45) is 0 Å². The van der Waals surface area contributed by atoms with Crippen molar-refractivity contribution in [2.75, 3.05) is 0 Å². The van der Waals surface area contributed by atoms with Crippen LogP contribution >= 0.6 is 39.0 Å². The molecule has 1 aliphatic carbocycles. The molecule has 5 heteroatoms. The molecule has 0 unspecified atom stereocenters. The summed E-state index contributed by atoms with van der Waals surface area (Å²) >= 11 is 7.32. The molecule has 1 fully saturated rings. The smallest absolute Gasteiger partial charge is 0.103 e. The number of benzene rings is 1. The van der Waals surface area contributed by atoms with Gasteiger partial charge in [0.05, 0.1) is 11.4 Å². The lowest BCUT2D eigenvalue weighted by molar-refractivity contribution is 0.689. The molecule has 1 aromatic heterocycles. The summed E-state index contributed by atoms with van der Waals surface area (Å²) in [6.07, 6.45) is 3.70. The third-order valence-corrected chi connectivity index (χ3v) is 6.79. The molecule has 0 atom stereocenters. The number of nitrogens with one attached hydrogen (secondary N) is 1. The van der Waals surface area contributed by atoms with Crippen LogP contribution in [-0.4, -0.2) is 11.0 Å². The topological polar surface area (TPSA) is 24.9 Å². The molecule has 2 aromatic rings.